The lowest BCUT2D eigenvalue weighted by molar-refractivity contribution is -0.116. The fourth-order valence-electron chi connectivity index (χ4n) is 2.42. The van der Waals surface area contributed by atoms with Crippen LogP contribution in [0, 0.1) is 12.7 Å². The molecule has 0 aliphatic carbocycles. The summed E-state index contributed by atoms with van der Waals surface area (Å²) in [5, 5.41) is 2.97. The lowest BCUT2D eigenvalue weighted by Gasteiger charge is -2.16. The number of anilines is 1. The average Bonchev–Trinajstić information content (AvgIpc) is 3.02. The van der Waals surface area contributed by atoms with E-state index < -0.39 is 28.3 Å². The van der Waals surface area contributed by atoms with Crippen molar-refractivity contribution in [2.45, 2.75) is 11.8 Å². The van der Waals surface area contributed by atoms with Crippen LogP contribution < -0.4 is 5.32 Å². The van der Waals surface area contributed by atoms with Gasteiger partial charge in [0.2, 0.25) is 15.9 Å². The number of carbonyl (C=O) groups excluding carboxylic acids is 1. The lowest BCUT2D eigenvalue weighted by atomic mass is 10.3. The molecule has 0 aliphatic rings. The van der Waals surface area contributed by atoms with Gasteiger partial charge in [-0.3, -0.25) is 9.78 Å². The third-order valence-electron chi connectivity index (χ3n) is 3.83. The number of carbonyl (C=O) groups is 1. The average molecular weight is 420 g/mol. The van der Waals surface area contributed by atoms with Gasteiger partial charge in [-0.05, 0) is 43.3 Å². The van der Waals surface area contributed by atoms with Crippen LogP contribution in [0.5, 0.6) is 0 Å². The fourth-order valence-corrected chi connectivity index (χ4v) is 4.50. The third-order valence-corrected chi connectivity index (χ3v) is 6.74. The number of pyridine rings is 1. The van der Waals surface area contributed by atoms with Crippen LogP contribution in [0.15, 0.2) is 53.6 Å². The summed E-state index contributed by atoms with van der Waals surface area (Å²) in [5.74, 6) is -1.07. The summed E-state index contributed by atoms with van der Waals surface area (Å²) in [5.41, 5.74) is 1.46. The van der Waals surface area contributed by atoms with Gasteiger partial charge < -0.3 is 5.32 Å². The second-order valence-electron chi connectivity index (χ2n) is 5.91. The van der Waals surface area contributed by atoms with E-state index in [1.807, 2.05) is 12.1 Å². The number of halogens is 1. The van der Waals surface area contributed by atoms with Crippen molar-refractivity contribution in [3.8, 4) is 10.6 Å². The highest BCUT2D eigenvalue weighted by atomic mass is 32.2. The van der Waals surface area contributed by atoms with E-state index in [1.54, 1.807) is 19.2 Å². The van der Waals surface area contributed by atoms with Crippen molar-refractivity contribution in [1.29, 1.82) is 0 Å². The predicted molar refractivity (Wildman–Crippen MR) is 105 cm³/mol. The molecule has 0 aliphatic heterocycles. The van der Waals surface area contributed by atoms with E-state index in [4.69, 9.17) is 0 Å². The smallest absolute Gasteiger partial charge is 0.243 e. The summed E-state index contributed by atoms with van der Waals surface area (Å²) < 4.78 is 38.9. The number of hydrogen-bond acceptors (Lipinski definition) is 6. The molecule has 0 spiro atoms. The molecule has 28 heavy (non-hydrogen) atoms. The number of likely N-dealkylation sites (N-methyl/N-ethyl adjacent to an activating group) is 1. The Morgan fingerprint density at radius 3 is 2.57 bits per heavy atom. The van der Waals surface area contributed by atoms with E-state index in [1.165, 1.54) is 18.4 Å². The minimum absolute atomic E-state index is 0.0910. The number of amides is 1. The summed E-state index contributed by atoms with van der Waals surface area (Å²) in [6.07, 6.45) is 1.67. The van der Waals surface area contributed by atoms with Crippen LogP contribution in [-0.2, 0) is 14.8 Å². The first-order valence-electron chi connectivity index (χ1n) is 8.18. The molecule has 0 saturated carbocycles. The second kappa shape index (κ2) is 8.13. The highest BCUT2D eigenvalue weighted by molar-refractivity contribution is 7.89. The van der Waals surface area contributed by atoms with Crippen LogP contribution in [-0.4, -0.2) is 42.2 Å². The molecular formula is C18H17FN4O3S2. The molecule has 2 aromatic heterocycles. The number of rotatable bonds is 6. The van der Waals surface area contributed by atoms with E-state index in [0.29, 0.717) is 10.8 Å². The summed E-state index contributed by atoms with van der Waals surface area (Å²) in [6, 6.07) is 9.92. The largest absolute Gasteiger partial charge is 0.301 e. The molecule has 1 N–H and O–H groups in total. The predicted octanol–water partition coefficient (Wildman–Crippen LogP) is 2.91. The van der Waals surface area contributed by atoms with Gasteiger partial charge in [0.25, 0.3) is 0 Å². The topological polar surface area (TPSA) is 92.3 Å². The van der Waals surface area contributed by atoms with Gasteiger partial charge in [0.1, 0.15) is 5.82 Å². The highest BCUT2D eigenvalue weighted by Gasteiger charge is 2.23. The van der Waals surface area contributed by atoms with Gasteiger partial charge >= 0.3 is 0 Å². The quantitative estimate of drug-likeness (QED) is 0.662. The van der Waals surface area contributed by atoms with E-state index in [-0.39, 0.29) is 4.90 Å². The Kier molecular flexibility index (Phi) is 5.82. The Morgan fingerprint density at radius 2 is 1.93 bits per heavy atom. The Balaban J connectivity index is 1.69. The van der Waals surface area contributed by atoms with Crippen LogP contribution in [0.3, 0.4) is 0 Å². The van der Waals surface area contributed by atoms with Gasteiger partial charge in [-0.2, -0.15) is 4.31 Å². The number of sulfonamides is 1. The first-order chi connectivity index (χ1) is 13.3. The molecular weight excluding hydrogens is 403 g/mol. The van der Waals surface area contributed by atoms with E-state index >= 15 is 0 Å². The molecule has 3 aromatic rings. The zero-order valence-corrected chi connectivity index (χ0v) is 16.7. The molecule has 0 bridgehead atoms. The van der Waals surface area contributed by atoms with Gasteiger partial charge in [-0.25, -0.2) is 17.8 Å². The van der Waals surface area contributed by atoms with Crippen molar-refractivity contribution in [2.75, 3.05) is 18.9 Å². The molecule has 0 atom stereocenters. The first-order valence-corrected chi connectivity index (χ1v) is 10.4. The van der Waals surface area contributed by atoms with Crippen LogP contribution in [0.4, 0.5) is 9.52 Å². The van der Waals surface area contributed by atoms with Crippen LogP contribution in [0.2, 0.25) is 0 Å². The Labute approximate surface area is 165 Å². The zero-order chi connectivity index (χ0) is 20.3. The van der Waals surface area contributed by atoms with Gasteiger partial charge in [-0.15, -0.1) is 0 Å². The van der Waals surface area contributed by atoms with Crippen molar-refractivity contribution < 1.29 is 17.6 Å². The minimum atomic E-state index is -3.91. The van der Waals surface area contributed by atoms with Gasteiger partial charge in [0.15, 0.2) is 5.13 Å². The molecule has 0 unspecified atom stereocenters. The molecule has 0 saturated heterocycles. The Bertz CT molecular complexity index is 1080. The van der Waals surface area contributed by atoms with Crippen molar-refractivity contribution in [3.05, 3.63) is 60.2 Å². The van der Waals surface area contributed by atoms with E-state index in [2.05, 4.69) is 15.3 Å². The number of aryl methyl sites for hydroxylation is 1. The number of nitrogens with one attached hydrogen (secondary N) is 1. The minimum Gasteiger partial charge on any atom is -0.301 e. The van der Waals surface area contributed by atoms with Crippen molar-refractivity contribution in [1.82, 2.24) is 14.3 Å². The number of hydrogen-bond donors (Lipinski definition) is 1. The molecule has 1 aromatic carbocycles. The van der Waals surface area contributed by atoms with Crippen LogP contribution in [0.25, 0.3) is 10.6 Å². The lowest BCUT2D eigenvalue weighted by Crippen LogP contribution is -2.34. The molecule has 0 radical (unpaired) electrons. The maximum atomic E-state index is 13.0. The third kappa shape index (κ3) is 4.41. The van der Waals surface area contributed by atoms with Crippen LogP contribution >= 0.6 is 11.3 Å². The normalized spacial score (nSPS) is 11.6. The monoisotopic (exact) mass is 420 g/mol. The van der Waals surface area contributed by atoms with Crippen molar-refractivity contribution in [2.24, 2.45) is 0 Å². The van der Waals surface area contributed by atoms with Crippen molar-refractivity contribution in [3.63, 3.8) is 0 Å². The zero-order valence-electron chi connectivity index (χ0n) is 15.1. The van der Waals surface area contributed by atoms with E-state index in [9.17, 15) is 17.6 Å². The number of aromatic nitrogens is 2. The summed E-state index contributed by atoms with van der Waals surface area (Å²) in [6.45, 7) is 1.40. The number of nitrogens with zero attached hydrogens (tertiary/aromatic N) is 3. The molecule has 0 fully saturated rings. The number of thiazole rings is 1. The first kappa shape index (κ1) is 20.1. The summed E-state index contributed by atoms with van der Waals surface area (Å²) in [7, 11) is -2.63. The second-order valence-corrected chi connectivity index (χ2v) is 8.96. The highest BCUT2D eigenvalue weighted by Crippen LogP contribution is 2.31. The molecule has 3 rings (SSSR count). The van der Waals surface area contributed by atoms with Gasteiger partial charge in [0, 0.05) is 13.2 Å². The van der Waals surface area contributed by atoms with Crippen LogP contribution in [0.1, 0.15) is 5.69 Å². The SMILES string of the molecule is Cc1nc(NC(=O)CN(C)S(=O)(=O)c2ccc(F)cc2)sc1-c1ccccn1. The molecule has 1 amide bonds. The summed E-state index contributed by atoms with van der Waals surface area (Å²) >= 11 is 1.26. The Hall–Kier alpha value is -2.69. The maximum Gasteiger partial charge on any atom is 0.243 e. The van der Waals surface area contributed by atoms with Gasteiger partial charge in [0.05, 0.1) is 27.7 Å². The molecule has 10 heteroatoms. The van der Waals surface area contributed by atoms with Gasteiger partial charge in [-0.1, -0.05) is 17.4 Å². The van der Waals surface area contributed by atoms with E-state index in [0.717, 1.165) is 39.1 Å². The molecule has 2 heterocycles. The van der Waals surface area contributed by atoms with Crippen molar-refractivity contribution >= 4 is 32.4 Å². The number of benzene rings is 1. The molecule has 146 valence electrons. The molecule has 7 nitrogen and oxygen atoms in total. The summed E-state index contributed by atoms with van der Waals surface area (Å²) in [4.78, 5) is 21.6. The fraction of sp³-hybridized carbons (Fsp3) is 0.167. The maximum absolute atomic E-state index is 13.0. The Morgan fingerprint density at radius 1 is 1.21 bits per heavy atom. The standard InChI is InChI=1S/C18H17FN4O3S2/c1-12-17(15-5-3-4-10-20-15)27-18(21-12)22-16(24)11-23(2)28(25,26)14-8-6-13(19)7-9-14/h3-10H,11H2,1-2H3,(H,21,22,24).